The maximum absolute atomic E-state index is 12.4. The summed E-state index contributed by atoms with van der Waals surface area (Å²) < 4.78 is 10.8. The van der Waals surface area contributed by atoms with E-state index in [0.29, 0.717) is 24.6 Å². The summed E-state index contributed by atoms with van der Waals surface area (Å²) in [6.45, 7) is 8.97. The summed E-state index contributed by atoms with van der Waals surface area (Å²) in [6, 6.07) is 13.5. The molecule has 2 aromatic rings. The number of likely N-dealkylation sites (N-methyl/N-ethyl adjacent to an activating group) is 1. The molecule has 6 nitrogen and oxygen atoms in total. The minimum absolute atomic E-state index is 0.0965. The number of benzene rings is 2. The van der Waals surface area contributed by atoms with Crippen molar-refractivity contribution in [3.63, 3.8) is 0 Å². The van der Waals surface area contributed by atoms with Crippen LogP contribution in [0.2, 0.25) is 0 Å². The second-order valence-electron chi connectivity index (χ2n) is 8.62. The maximum atomic E-state index is 12.4. The average Bonchev–Trinajstić information content (AvgIpc) is 2.72. The molecule has 0 aromatic heterocycles. The third-order valence-corrected chi connectivity index (χ3v) is 5.10. The first-order chi connectivity index (χ1) is 14.7. The summed E-state index contributed by atoms with van der Waals surface area (Å²) in [7, 11) is 1.88. The molecule has 0 fully saturated rings. The Balaban J connectivity index is 1.64. The number of anilines is 2. The third kappa shape index (κ3) is 5.66. The van der Waals surface area contributed by atoms with Gasteiger partial charge in [0.2, 0.25) is 12.0 Å². The lowest BCUT2D eigenvalue weighted by Gasteiger charge is -2.32. The van der Waals surface area contributed by atoms with E-state index in [2.05, 4.69) is 38.2 Å². The molecule has 1 aliphatic rings. The Morgan fingerprint density at radius 1 is 1.19 bits per heavy atom. The molecule has 0 bridgehead atoms. The van der Waals surface area contributed by atoms with Gasteiger partial charge in [-0.2, -0.15) is 0 Å². The molecule has 0 aliphatic carbocycles. The van der Waals surface area contributed by atoms with Gasteiger partial charge in [0.25, 0.3) is 0 Å². The lowest BCUT2D eigenvalue weighted by Crippen LogP contribution is -2.43. The molecule has 1 amide bonds. The fourth-order valence-electron chi connectivity index (χ4n) is 3.34. The van der Waals surface area contributed by atoms with Crippen molar-refractivity contribution in [3.8, 4) is 5.75 Å². The fraction of sp³-hybridized carbons (Fsp3) is 0.360. The van der Waals surface area contributed by atoms with Crippen molar-refractivity contribution in [2.24, 2.45) is 0 Å². The zero-order valence-corrected chi connectivity index (χ0v) is 18.8. The smallest absolute Gasteiger partial charge is 0.349 e. The number of carbonyl (C=O) groups excluding carboxylic acids is 2. The molecule has 0 saturated heterocycles. The molecule has 3 rings (SSSR count). The lowest BCUT2D eigenvalue weighted by atomic mass is 9.87. The number of carbonyl (C=O) groups is 2. The molecule has 1 heterocycles. The number of hydrogen-bond acceptors (Lipinski definition) is 5. The van der Waals surface area contributed by atoms with Crippen LogP contribution in [0, 0.1) is 0 Å². The molecular formula is C25H30N2O4. The zero-order chi connectivity index (χ0) is 22.6. The molecule has 164 valence electrons. The minimum Gasteiger partial charge on any atom is -0.475 e. The van der Waals surface area contributed by atoms with Crippen molar-refractivity contribution in [1.29, 1.82) is 0 Å². The van der Waals surface area contributed by atoms with Gasteiger partial charge in [0.1, 0.15) is 5.75 Å². The highest BCUT2D eigenvalue weighted by Crippen LogP contribution is 2.35. The van der Waals surface area contributed by atoms with Gasteiger partial charge in [-0.1, -0.05) is 45.0 Å². The van der Waals surface area contributed by atoms with Crippen molar-refractivity contribution in [1.82, 2.24) is 0 Å². The van der Waals surface area contributed by atoms with E-state index in [1.165, 1.54) is 11.6 Å². The summed E-state index contributed by atoms with van der Waals surface area (Å²) in [5.41, 5.74) is 3.77. The molecule has 1 N–H and O–H groups in total. The first kappa shape index (κ1) is 22.4. The van der Waals surface area contributed by atoms with Crippen LogP contribution in [0.4, 0.5) is 11.4 Å². The summed E-state index contributed by atoms with van der Waals surface area (Å²) >= 11 is 0. The Labute approximate surface area is 183 Å². The van der Waals surface area contributed by atoms with E-state index < -0.39 is 6.10 Å². The number of nitrogens with zero attached hydrogens (tertiary/aromatic N) is 1. The number of fused-ring (bicyclic) bond motifs is 1. The SMILES string of the molecule is CCOC(=O)C1CN(C)c2cc(NC(=O)C=Cc3ccc(C(C)(C)C)cc3)ccc2O1. The highest BCUT2D eigenvalue weighted by Gasteiger charge is 2.30. The molecular weight excluding hydrogens is 392 g/mol. The number of rotatable bonds is 5. The fourth-order valence-corrected chi connectivity index (χ4v) is 3.34. The van der Waals surface area contributed by atoms with Crippen molar-refractivity contribution < 1.29 is 19.1 Å². The summed E-state index contributed by atoms with van der Waals surface area (Å²) in [5.74, 6) is -0.0130. The second kappa shape index (κ2) is 9.25. The molecule has 0 spiro atoms. The number of nitrogens with one attached hydrogen (secondary N) is 1. The Morgan fingerprint density at radius 2 is 1.90 bits per heavy atom. The van der Waals surface area contributed by atoms with Gasteiger partial charge >= 0.3 is 5.97 Å². The Morgan fingerprint density at radius 3 is 2.55 bits per heavy atom. The normalized spacial score (nSPS) is 15.9. The molecule has 1 aliphatic heterocycles. The lowest BCUT2D eigenvalue weighted by molar-refractivity contribution is -0.151. The van der Waals surface area contributed by atoms with Gasteiger partial charge in [0, 0.05) is 18.8 Å². The van der Waals surface area contributed by atoms with E-state index in [4.69, 9.17) is 9.47 Å². The summed E-state index contributed by atoms with van der Waals surface area (Å²) in [5, 5.41) is 2.87. The van der Waals surface area contributed by atoms with Crippen LogP contribution in [0.5, 0.6) is 5.75 Å². The van der Waals surface area contributed by atoms with E-state index in [1.807, 2.05) is 30.1 Å². The topological polar surface area (TPSA) is 67.9 Å². The highest BCUT2D eigenvalue weighted by atomic mass is 16.6. The molecule has 1 atom stereocenters. The number of esters is 1. The monoisotopic (exact) mass is 422 g/mol. The average molecular weight is 423 g/mol. The van der Waals surface area contributed by atoms with Crippen LogP contribution in [-0.2, 0) is 19.7 Å². The van der Waals surface area contributed by atoms with Crippen molar-refractivity contribution in [3.05, 3.63) is 59.7 Å². The van der Waals surface area contributed by atoms with Crippen molar-refractivity contribution in [2.45, 2.75) is 39.2 Å². The van der Waals surface area contributed by atoms with Gasteiger partial charge in [0.05, 0.1) is 18.8 Å². The van der Waals surface area contributed by atoms with Gasteiger partial charge in [-0.25, -0.2) is 4.79 Å². The Kier molecular flexibility index (Phi) is 6.68. The summed E-state index contributed by atoms with van der Waals surface area (Å²) in [6.07, 6.45) is 2.65. The molecule has 0 radical (unpaired) electrons. The van der Waals surface area contributed by atoms with Crippen LogP contribution in [0.15, 0.2) is 48.5 Å². The van der Waals surface area contributed by atoms with Gasteiger partial charge < -0.3 is 19.7 Å². The molecule has 6 heteroatoms. The van der Waals surface area contributed by atoms with Crippen LogP contribution in [0.1, 0.15) is 38.8 Å². The Bertz CT molecular complexity index is 974. The van der Waals surface area contributed by atoms with Gasteiger partial charge in [0.15, 0.2) is 0 Å². The van der Waals surface area contributed by atoms with Crippen molar-refractivity contribution in [2.75, 3.05) is 30.4 Å². The van der Waals surface area contributed by atoms with Gasteiger partial charge in [-0.15, -0.1) is 0 Å². The van der Waals surface area contributed by atoms with Crippen LogP contribution in [0.3, 0.4) is 0 Å². The molecule has 2 aromatic carbocycles. The first-order valence-electron chi connectivity index (χ1n) is 10.5. The highest BCUT2D eigenvalue weighted by molar-refractivity contribution is 6.02. The van der Waals surface area contributed by atoms with Gasteiger partial charge in [-0.05, 0) is 47.7 Å². The molecule has 0 saturated carbocycles. The number of amides is 1. The van der Waals surface area contributed by atoms with E-state index in [9.17, 15) is 9.59 Å². The zero-order valence-electron chi connectivity index (χ0n) is 18.8. The van der Waals surface area contributed by atoms with Crippen LogP contribution in [0.25, 0.3) is 6.08 Å². The van der Waals surface area contributed by atoms with E-state index >= 15 is 0 Å². The predicted octanol–water partition coefficient (Wildman–Crippen LogP) is 4.40. The first-order valence-corrected chi connectivity index (χ1v) is 10.5. The van der Waals surface area contributed by atoms with E-state index in [1.54, 1.807) is 25.1 Å². The Hall–Kier alpha value is -3.28. The minimum atomic E-state index is -0.662. The van der Waals surface area contributed by atoms with Crippen LogP contribution < -0.4 is 15.0 Å². The standard InChI is InChI=1S/C25H30N2O4/c1-6-30-24(29)22-16-27(5)20-15-19(12-13-21(20)31-22)26-23(28)14-9-17-7-10-18(11-8-17)25(2,3)4/h7-15,22H,6,16H2,1-5H3,(H,26,28). The van der Waals surface area contributed by atoms with E-state index in [-0.39, 0.29) is 17.3 Å². The quantitative estimate of drug-likeness (QED) is 0.572. The van der Waals surface area contributed by atoms with Gasteiger partial charge in [-0.3, -0.25) is 4.79 Å². The second-order valence-corrected chi connectivity index (χ2v) is 8.62. The van der Waals surface area contributed by atoms with Crippen LogP contribution in [-0.4, -0.2) is 38.2 Å². The van der Waals surface area contributed by atoms with Crippen molar-refractivity contribution >= 4 is 29.3 Å². The maximum Gasteiger partial charge on any atom is 0.349 e. The number of ether oxygens (including phenoxy) is 2. The van der Waals surface area contributed by atoms with E-state index in [0.717, 1.165) is 11.3 Å². The number of hydrogen-bond donors (Lipinski definition) is 1. The third-order valence-electron chi connectivity index (χ3n) is 5.10. The molecule has 1 unspecified atom stereocenters. The summed E-state index contributed by atoms with van der Waals surface area (Å²) in [4.78, 5) is 26.3. The van der Waals surface area contributed by atoms with Crippen LogP contribution >= 0.6 is 0 Å². The largest absolute Gasteiger partial charge is 0.475 e. The molecule has 31 heavy (non-hydrogen) atoms. The predicted molar refractivity (Wildman–Crippen MR) is 124 cm³/mol.